The van der Waals surface area contributed by atoms with Crippen LogP contribution >= 0.6 is 0 Å². The number of pyridine rings is 1. The van der Waals surface area contributed by atoms with Gasteiger partial charge in [0.1, 0.15) is 6.61 Å². The van der Waals surface area contributed by atoms with E-state index in [0.717, 1.165) is 70.0 Å². The number of fused-ring (bicyclic) bond motifs is 1. The third kappa shape index (κ3) is 7.41. The minimum Gasteiger partial charge on any atom is -0.476 e. The van der Waals surface area contributed by atoms with Crippen LogP contribution in [0, 0.1) is 0 Å². The molecule has 7 heteroatoms. The number of ether oxygens (including phenoxy) is 2. The zero-order valence-corrected chi connectivity index (χ0v) is 20.9. The van der Waals surface area contributed by atoms with E-state index in [-0.39, 0.29) is 0 Å². The molecule has 35 heavy (non-hydrogen) atoms. The van der Waals surface area contributed by atoms with Crippen LogP contribution in [0.4, 0.5) is 11.5 Å². The van der Waals surface area contributed by atoms with Crippen LogP contribution in [0.2, 0.25) is 0 Å². The maximum absolute atomic E-state index is 6.10. The van der Waals surface area contributed by atoms with Crippen LogP contribution in [-0.4, -0.2) is 68.6 Å². The van der Waals surface area contributed by atoms with Crippen LogP contribution in [-0.2, 0) is 4.74 Å². The molecule has 186 valence electrons. The predicted molar refractivity (Wildman–Crippen MR) is 145 cm³/mol. The van der Waals surface area contributed by atoms with E-state index in [1.807, 2.05) is 12.3 Å². The number of benzene rings is 2. The fourth-order valence-electron chi connectivity index (χ4n) is 4.28. The Bertz CT molecular complexity index is 1090. The fourth-order valence-corrected chi connectivity index (χ4v) is 4.28. The number of hydrazone groups is 1. The number of morpholine rings is 1. The van der Waals surface area contributed by atoms with Gasteiger partial charge >= 0.3 is 0 Å². The number of nitrogens with one attached hydrogen (secondary N) is 1. The second-order valence-corrected chi connectivity index (χ2v) is 8.81. The van der Waals surface area contributed by atoms with Gasteiger partial charge < -0.3 is 14.4 Å². The Labute approximate surface area is 208 Å². The minimum absolute atomic E-state index is 0.595. The molecule has 0 bridgehead atoms. The molecule has 1 aromatic heterocycles. The highest BCUT2D eigenvalue weighted by Gasteiger charge is 2.12. The summed E-state index contributed by atoms with van der Waals surface area (Å²) >= 11 is 0. The first-order valence-electron chi connectivity index (χ1n) is 12.7. The molecule has 7 nitrogen and oxygen atoms in total. The highest BCUT2D eigenvalue weighted by atomic mass is 16.5. The van der Waals surface area contributed by atoms with Gasteiger partial charge in [0.05, 0.1) is 19.4 Å². The molecule has 2 aromatic carbocycles. The van der Waals surface area contributed by atoms with E-state index in [1.165, 1.54) is 10.8 Å². The third-order valence-electron chi connectivity index (χ3n) is 6.07. The second-order valence-electron chi connectivity index (χ2n) is 8.81. The van der Waals surface area contributed by atoms with Gasteiger partial charge in [0.25, 0.3) is 0 Å². The molecule has 0 saturated carbocycles. The molecule has 1 saturated heterocycles. The number of rotatable bonds is 12. The van der Waals surface area contributed by atoms with E-state index < -0.39 is 0 Å². The number of hydrogen-bond donors (Lipinski definition) is 1. The summed E-state index contributed by atoms with van der Waals surface area (Å²) in [7, 11) is 0. The summed E-state index contributed by atoms with van der Waals surface area (Å²) in [5.74, 6) is 1.30. The monoisotopic (exact) mass is 475 g/mol. The van der Waals surface area contributed by atoms with Crippen LogP contribution in [0.3, 0.4) is 0 Å². The highest BCUT2D eigenvalue weighted by Crippen LogP contribution is 2.25. The molecule has 0 radical (unpaired) electrons. The molecular formula is C28H37N5O2. The van der Waals surface area contributed by atoms with Crippen molar-refractivity contribution in [1.29, 1.82) is 0 Å². The van der Waals surface area contributed by atoms with Crippen LogP contribution in [0.15, 0.2) is 59.7 Å². The van der Waals surface area contributed by atoms with Gasteiger partial charge in [-0.15, -0.1) is 0 Å². The van der Waals surface area contributed by atoms with Gasteiger partial charge in [0.15, 0.2) is 5.82 Å². The molecule has 4 rings (SSSR count). The molecule has 0 aliphatic carbocycles. The average Bonchev–Trinajstić information content (AvgIpc) is 2.89. The molecule has 0 spiro atoms. The Morgan fingerprint density at radius 2 is 1.80 bits per heavy atom. The van der Waals surface area contributed by atoms with Gasteiger partial charge in [-0.05, 0) is 35.2 Å². The van der Waals surface area contributed by atoms with E-state index in [4.69, 9.17) is 9.47 Å². The number of hydrogen-bond acceptors (Lipinski definition) is 7. The largest absolute Gasteiger partial charge is 0.476 e. The summed E-state index contributed by atoms with van der Waals surface area (Å²) in [4.78, 5) is 9.43. The first kappa shape index (κ1) is 24.9. The maximum atomic E-state index is 6.10. The Morgan fingerprint density at radius 3 is 2.57 bits per heavy atom. The third-order valence-corrected chi connectivity index (χ3v) is 6.07. The summed E-state index contributed by atoms with van der Waals surface area (Å²) in [6.45, 7) is 11.3. The van der Waals surface area contributed by atoms with E-state index in [1.54, 1.807) is 0 Å². The molecule has 1 fully saturated rings. The standard InChI is InChI=1S/C28H37N5O2/c1-3-11-33(12-4-2)26-20-27(30-28(21-26)35-18-15-32-13-16-34-17-14-32)31-29-22-23-9-10-24-7-5-6-8-25(24)19-23/h5-10,19-22H,3-4,11-18H2,1-2H3,(H,30,31)/b29-22+. The average molecular weight is 476 g/mol. The lowest BCUT2D eigenvalue weighted by Crippen LogP contribution is -2.38. The van der Waals surface area contributed by atoms with E-state index in [2.05, 4.69) is 87.7 Å². The lowest BCUT2D eigenvalue weighted by molar-refractivity contribution is 0.0320. The van der Waals surface area contributed by atoms with Gasteiger partial charge in [-0.2, -0.15) is 10.1 Å². The lowest BCUT2D eigenvalue weighted by atomic mass is 10.1. The zero-order chi connectivity index (χ0) is 24.3. The second kappa shape index (κ2) is 13.1. The van der Waals surface area contributed by atoms with Crippen molar-refractivity contribution in [2.45, 2.75) is 26.7 Å². The smallest absolute Gasteiger partial charge is 0.217 e. The van der Waals surface area contributed by atoms with Gasteiger partial charge in [-0.3, -0.25) is 10.3 Å². The van der Waals surface area contributed by atoms with Gasteiger partial charge in [-0.25, -0.2) is 0 Å². The summed E-state index contributed by atoms with van der Waals surface area (Å²) in [5.41, 5.74) is 5.27. The molecule has 0 unspecified atom stereocenters. The SMILES string of the molecule is CCCN(CCC)c1cc(N/N=C/c2ccc3ccccc3c2)nc(OCCN2CCOCC2)c1. The number of aromatic nitrogens is 1. The topological polar surface area (TPSA) is 62.2 Å². The Morgan fingerprint density at radius 1 is 1.03 bits per heavy atom. The van der Waals surface area contributed by atoms with Crippen molar-refractivity contribution in [2.24, 2.45) is 5.10 Å². The Balaban J connectivity index is 1.47. The van der Waals surface area contributed by atoms with Crippen molar-refractivity contribution in [1.82, 2.24) is 9.88 Å². The van der Waals surface area contributed by atoms with Crippen LogP contribution in [0.5, 0.6) is 5.88 Å². The van der Waals surface area contributed by atoms with Crippen molar-refractivity contribution in [3.63, 3.8) is 0 Å². The molecule has 1 aliphatic heterocycles. The zero-order valence-electron chi connectivity index (χ0n) is 20.9. The Kier molecular flexibility index (Phi) is 9.32. The quantitative estimate of drug-likeness (QED) is 0.293. The maximum Gasteiger partial charge on any atom is 0.217 e. The molecule has 2 heterocycles. The first-order valence-corrected chi connectivity index (χ1v) is 12.7. The molecule has 0 amide bonds. The molecule has 0 atom stereocenters. The summed E-state index contributed by atoms with van der Waals surface area (Å²) < 4.78 is 11.5. The summed E-state index contributed by atoms with van der Waals surface area (Å²) in [6.07, 6.45) is 3.99. The number of nitrogens with zero attached hydrogens (tertiary/aromatic N) is 4. The lowest BCUT2D eigenvalue weighted by Gasteiger charge is -2.26. The molecule has 3 aromatic rings. The first-order chi connectivity index (χ1) is 17.2. The van der Waals surface area contributed by atoms with Crippen molar-refractivity contribution >= 4 is 28.5 Å². The number of anilines is 2. The Hall–Kier alpha value is -3.16. The van der Waals surface area contributed by atoms with Crippen LogP contribution in [0.25, 0.3) is 10.8 Å². The predicted octanol–water partition coefficient (Wildman–Crippen LogP) is 5.02. The summed E-state index contributed by atoms with van der Waals surface area (Å²) in [5, 5.41) is 6.89. The van der Waals surface area contributed by atoms with Crippen LogP contribution < -0.4 is 15.1 Å². The van der Waals surface area contributed by atoms with Crippen molar-refractivity contribution in [3.05, 3.63) is 60.2 Å². The van der Waals surface area contributed by atoms with Crippen molar-refractivity contribution in [2.75, 3.05) is 62.9 Å². The minimum atomic E-state index is 0.595. The highest BCUT2D eigenvalue weighted by molar-refractivity contribution is 5.90. The van der Waals surface area contributed by atoms with Gasteiger partial charge in [-0.1, -0.05) is 50.2 Å². The molecular weight excluding hydrogens is 438 g/mol. The molecule has 1 aliphatic rings. The van der Waals surface area contributed by atoms with Gasteiger partial charge in [0.2, 0.25) is 5.88 Å². The summed E-state index contributed by atoms with van der Waals surface area (Å²) in [6, 6.07) is 18.7. The van der Waals surface area contributed by atoms with Crippen molar-refractivity contribution in [3.8, 4) is 5.88 Å². The van der Waals surface area contributed by atoms with Crippen molar-refractivity contribution < 1.29 is 9.47 Å². The van der Waals surface area contributed by atoms with E-state index in [0.29, 0.717) is 18.3 Å². The van der Waals surface area contributed by atoms with E-state index in [9.17, 15) is 0 Å². The van der Waals surface area contributed by atoms with Gasteiger partial charge in [0, 0.05) is 50.5 Å². The molecule has 1 N–H and O–H groups in total. The van der Waals surface area contributed by atoms with E-state index >= 15 is 0 Å². The van der Waals surface area contributed by atoms with Crippen LogP contribution in [0.1, 0.15) is 32.3 Å². The normalized spacial score (nSPS) is 14.5. The fraction of sp³-hybridized carbons (Fsp3) is 0.429.